The predicted molar refractivity (Wildman–Crippen MR) is 40.9 cm³/mol. The smallest absolute Gasteiger partial charge is 0.149 e. The number of ketones is 1. The molecule has 0 aromatic carbocycles. The minimum atomic E-state index is 0.308. The number of carbonyl (C=O) groups excluding carboxylic acids is 1. The van der Waals surface area contributed by atoms with E-state index in [2.05, 4.69) is 11.8 Å². The van der Waals surface area contributed by atoms with Crippen molar-refractivity contribution in [1.82, 2.24) is 4.90 Å². The van der Waals surface area contributed by atoms with E-state index in [-0.39, 0.29) is 0 Å². The van der Waals surface area contributed by atoms with Gasteiger partial charge in [-0.05, 0) is 19.5 Å². The van der Waals surface area contributed by atoms with Crippen LogP contribution in [0.4, 0.5) is 0 Å². The third kappa shape index (κ3) is 1.57. The van der Waals surface area contributed by atoms with E-state index in [1.165, 1.54) is 0 Å². The second-order valence-corrected chi connectivity index (χ2v) is 3.02. The Bertz CT molecular complexity index is 133. The van der Waals surface area contributed by atoms with Crippen molar-refractivity contribution in [2.75, 3.05) is 19.6 Å². The summed E-state index contributed by atoms with van der Waals surface area (Å²) < 4.78 is 0. The van der Waals surface area contributed by atoms with Gasteiger partial charge in [-0.2, -0.15) is 0 Å². The molecular formula is C8H15NO. The van der Waals surface area contributed by atoms with Gasteiger partial charge in [-0.25, -0.2) is 0 Å². The van der Waals surface area contributed by atoms with Gasteiger partial charge in [0.15, 0.2) is 0 Å². The topological polar surface area (TPSA) is 20.3 Å². The van der Waals surface area contributed by atoms with Crippen LogP contribution in [0.25, 0.3) is 0 Å². The molecule has 0 aliphatic carbocycles. The van der Waals surface area contributed by atoms with E-state index >= 15 is 0 Å². The lowest BCUT2D eigenvalue weighted by molar-refractivity contribution is -0.126. The molecule has 1 rings (SSSR count). The van der Waals surface area contributed by atoms with Crippen molar-refractivity contribution in [3.63, 3.8) is 0 Å². The highest BCUT2D eigenvalue weighted by Crippen LogP contribution is 2.11. The Hall–Kier alpha value is -0.370. The van der Waals surface area contributed by atoms with Crippen LogP contribution >= 0.6 is 0 Å². The van der Waals surface area contributed by atoms with E-state index in [0.29, 0.717) is 18.2 Å². The molecule has 0 amide bonds. The van der Waals surface area contributed by atoms with Crippen LogP contribution in [0.1, 0.15) is 20.3 Å². The van der Waals surface area contributed by atoms with Crippen LogP contribution in [-0.4, -0.2) is 30.3 Å². The minimum absolute atomic E-state index is 0.308. The minimum Gasteiger partial charge on any atom is -0.298 e. The molecule has 1 fully saturated rings. The van der Waals surface area contributed by atoms with Crippen molar-refractivity contribution in [3.8, 4) is 0 Å². The zero-order valence-corrected chi connectivity index (χ0v) is 6.76. The highest BCUT2D eigenvalue weighted by atomic mass is 16.1. The summed E-state index contributed by atoms with van der Waals surface area (Å²) in [6.45, 7) is 6.91. The Balaban J connectivity index is 2.41. The first-order chi connectivity index (χ1) is 4.74. The van der Waals surface area contributed by atoms with Crippen LogP contribution in [0.5, 0.6) is 0 Å². The van der Waals surface area contributed by atoms with E-state index in [1.807, 2.05) is 6.92 Å². The maximum atomic E-state index is 11.1. The molecule has 1 aliphatic heterocycles. The number of likely N-dealkylation sites (tertiary alicyclic amines) is 1. The molecule has 1 saturated heterocycles. The van der Waals surface area contributed by atoms with E-state index in [1.54, 1.807) is 0 Å². The van der Waals surface area contributed by atoms with Crippen molar-refractivity contribution < 1.29 is 4.79 Å². The zero-order valence-electron chi connectivity index (χ0n) is 6.76. The molecule has 0 radical (unpaired) electrons. The molecule has 1 heterocycles. The number of hydrogen-bond acceptors (Lipinski definition) is 2. The van der Waals surface area contributed by atoms with Crippen LogP contribution in [0, 0.1) is 5.92 Å². The van der Waals surface area contributed by atoms with Crippen molar-refractivity contribution in [2.24, 2.45) is 5.92 Å². The molecule has 0 N–H and O–H groups in total. The Morgan fingerprint density at radius 1 is 1.70 bits per heavy atom. The molecule has 0 spiro atoms. The third-order valence-electron chi connectivity index (χ3n) is 2.25. The summed E-state index contributed by atoms with van der Waals surface area (Å²) in [4.78, 5) is 13.3. The fourth-order valence-electron chi connectivity index (χ4n) is 1.26. The van der Waals surface area contributed by atoms with E-state index in [0.717, 1.165) is 19.5 Å². The lowest BCUT2D eigenvalue weighted by Crippen LogP contribution is -2.39. The number of Topliss-reactive ketones (excluding diaryl/α,β-unsaturated/α-hetero) is 1. The first-order valence-corrected chi connectivity index (χ1v) is 3.99. The molecule has 2 nitrogen and oxygen atoms in total. The van der Waals surface area contributed by atoms with Crippen LogP contribution in [0.2, 0.25) is 0 Å². The van der Waals surface area contributed by atoms with Gasteiger partial charge in [0.1, 0.15) is 5.78 Å². The van der Waals surface area contributed by atoms with Gasteiger partial charge in [0.25, 0.3) is 0 Å². The van der Waals surface area contributed by atoms with Crippen molar-refractivity contribution in [1.29, 1.82) is 0 Å². The quantitative estimate of drug-likeness (QED) is 0.541. The van der Waals surface area contributed by atoms with Crippen LogP contribution < -0.4 is 0 Å². The Labute approximate surface area is 62.2 Å². The summed E-state index contributed by atoms with van der Waals surface area (Å²) in [6.07, 6.45) is 1.05. The highest BCUT2D eigenvalue weighted by Gasteiger charge is 2.21. The Kier molecular flexibility index (Phi) is 2.44. The molecule has 1 aliphatic rings. The molecular weight excluding hydrogens is 126 g/mol. The fraction of sp³-hybridized carbons (Fsp3) is 0.875. The largest absolute Gasteiger partial charge is 0.298 e. The maximum absolute atomic E-state index is 11.1. The lowest BCUT2D eigenvalue weighted by Gasteiger charge is -2.27. The predicted octanol–water partition coefficient (Wildman–Crippen LogP) is 0.917. The van der Waals surface area contributed by atoms with Gasteiger partial charge >= 0.3 is 0 Å². The summed E-state index contributed by atoms with van der Waals surface area (Å²) >= 11 is 0. The van der Waals surface area contributed by atoms with E-state index in [4.69, 9.17) is 0 Å². The first-order valence-electron chi connectivity index (χ1n) is 3.99. The average Bonchev–Trinajstić information content (AvgIpc) is 1.95. The average molecular weight is 141 g/mol. The number of rotatable bonds is 1. The molecule has 0 aromatic rings. The Morgan fingerprint density at radius 3 is 2.90 bits per heavy atom. The molecule has 0 aromatic heterocycles. The van der Waals surface area contributed by atoms with Crippen molar-refractivity contribution in [2.45, 2.75) is 20.3 Å². The van der Waals surface area contributed by atoms with Crippen molar-refractivity contribution in [3.05, 3.63) is 0 Å². The third-order valence-corrected chi connectivity index (χ3v) is 2.25. The number of carbonyl (C=O) groups is 1. The Morgan fingerprint density at radius 2 is 2.40 bits per heavy atom. The molecule has 1 unspecified atom stereocenters. The highest BCUT2D eigenvalue weighted by molar-refractivity contribution is 5.83. The van der Waals surface area contributed by atoms with E-state index in [9.17, 15) is 4.79 Å². The lowest BCUT2D eigenvalue weighted by atomic mass is 9.98. The standard InChI is InChI=1S/C8H15NO/c1-3-9-5-4-7(2)8(10)6-9/h7H,3-6H2,1-2H3. The van der Waals surface area contributed by atoms with Gasteiger partial charge in [-0.1, -0.05) is 13.8 Å². The van der Waals surface area contributed by atoms with Gasteiger partial charge in [0.2, 0.25) is 0 Å². The van der Waals surface area contributed by atoms with Gasteiger partial charge in [-0.15, -0.1) is 0 Å². The molecule has 1 atom stereocenters. The van der Waals surface area contributed by atoms with Gasteiger partial charge in [0, 0.05) is 5.92 Å². The summed E-state index contributed by atoms with van der Waals surface area (Å²) in [7, 11) is 0. The number of piperidine rings is 1. The summed E-state index contributed by atoms with van der Waals surface area (Å²) in [6, 6.07) is 0. The summed E-state index contributed by atoms with van der Waals surface area (Å²) in [5.41, 5.74) is 0. The molecule has 58 valence electrons. The van der Waals surface area contributed by atoms with Crippen molar-refractivity contribution >= 4 is 5.78 Å². The summed E-state index contributed by atoms with van der Waals surface area (Å²) in [5, 5.41) is 0. The molecule has 2 heteroatoms. The number of likely N-dealkylation sites (N-methyl/N-ethyl adjacent to an activating group) is 1. The first kappa shape index (κ1) is 7.73. The number of hydrogen-bond donors (Lipinski definition) is 0. The molecule has 10 heavy (non-hydrogen) atoms. The van der Waals surface area contributed by atoms with E-state index < -0.39 is 0 Å². The normalized spacial score (nSPS) is 29.0. The second-order valence-electron chi connectivity index (χ2n) is 3.02. The fourth-order valence-corrected chi connectivity index (χ4v) is 1.26. The van der Waals surface area contributed by atoms with Crippen LogP contribution in [-0.2, 0) is 4.79 Å². The van der Waals surface area contributed by atoms with Gasteiger partial charge in [0.05, 0.1) is 6.54 Å². The number of nitrogens with zero attached hydrogens (tertiary/aromatic N) is 1. The maximum Gasteiger partial charge on any atom is 0.149 e. The monoisotopic (exact) mass is 141 g/mol. The molecule has 0 saturated carbocycles. The van der Waals surface area contributed by atoms with Gasteiger partial charge < -0.3 is 0 Å². The molecule has 0 bridgehead atoms. The van der Waals surface area contributed by atoms with Crippen LogP contribution in [0.3, 0.4) is 0 Å². The zero-order chi connectivity index (χ0) is 7.56. The van der Waals surface area contributed by atoms with Crippen LogP contribution in [0.15, 0.2) is 0 Å². The van der Waals surface area contributed by atoms with Gasteiger partial charge in [-0.3, -0.25) is 9.69 Å². The SMILES string of the molecule is CCN1CCC(C)C(=O)C1. The second kappa shape index (κ2) is 3.15. The summed E-state index contributed by atoms with van der Waals surface area (Å²) in [5.74, 6) is 0.718.